The largest absolute Gasteiger partial charge is 0.0847 e. The van der Waals surface area contributed by atoms with Crippen molar-refractivity contribution in [2.75, 3.05) is 0 Å². The van der Waals surface area contributed by atoms with E-state index in [1.165, 1.54) is 24.8 Å². The van der Waals surface area contributed by atoms with Crippen molar-refractivity contribution in [1.82, 2.24) is 0 Å². The molecule has 2 rings (SSSR count). The minimum atomic E-state index is 0.419. The first-order valence-electron chi connectivity index (χ1n) is 6.22. The van der Waals surface area contributed by atoms with E-state index in [2.05, 4.69) is 46.8 Å². The Kier molecular flexibility index (Phi) is 2.37. The number of rotatable bonds is 2. The fourth-order valence-electron chi connectivity index (χ4n) is 3.39. The van der Waals surface area contributed by atoms with Crippen LogP contribution in [0.15, 0.2) is 23.3 Å². The summed E-state index contributed by atoms with van der Waals surface area (Å²) < 4.78 is 0. The Morgan fingerprint density at radius 2 is 1.93 bits per heavy atom. The summed E-state index contributed by atoms with van der Waals surface area (Å²) in [6.07, 6.45) is 9.12. The van der Waals surface area contributed by atoms with Gasteiger partial charge in [-0.15, -0.1) is 0 Å². The van der Waals surface area contributed by atoms with Crippen LogP contribution in [0, 0.1) is 16.7 Å². The Morgan fingerprint density at radius 3 is 2.27 bits per heavy atom. The SMILES string of the molecule is CC(C)=CC1(C2CC=C(C)C2(C)C)CC1. The summed E-state index contributed by atoms with van der Waals surface area (Å²) in [6, 6.07) is 0. The zero-order chi connectivity index (χ0) is 11.3. The van der Waals surface area contributed by atoms with Crippen LogP contribution < -0.4 is 0 Å². The Hall–Kier alpha value is -0.520. The molecule has 2 aliphatic carbocycles. The molecule has 0 aromatic carbocycles. The van der Waals surface area contributed by atoms with E-state index < -0.39 is 0 Å². The van der Waals surface area contributed by atoms with Crippen molar-refractivity contribution in [3.8, 4) is 0 Å². The zero-order valence-corrected chi connectivity index (χ0v) is 10.9. The van der Waals surface area contributed by atoms with Gasteiger partial charge in [-0.1, -0.05) is 37.1 Å². The molecular formula is C15H24. The maximum atomic E-state index is 2.55. The molecule has 0 heterocycles. The molecule has 1 saturated carbocycles. The van der Waals surface area contributed by atoms with Gasteiger partial charge in [0.25, 0.3) is 0 Å². The minimum Gasteiger partial charge on any atom is -0.0847 e. The summed E-state index contributed by atoms with van der Waals surface area (Å²) >= 11 is 0. The monoisotopic (exact) mass is 204 g/mol. The van der Waals surface area contributed by atoms with Crippen LogP contribution in [0.3, 0.4) is 0 Å². The normalized spacial score (nSPS) is 31.0. The molecule has 2 aliphatic rings. The summed E-state index contributed by atoms with van der Waals surface area (Å²) in [5.74, 6) is 0.847. The van der Waals surface area contributed by atoms with Gasteiger partial charge in [0.15, 0.2) is 0 Å². The molecule has 0 aromatic heterocycles. The van der Waals surface area contributed by atoms with Gasteiger partial charge in [-0.05, 0) is 56.8 Å². The molecule has 0 radical (unpaired) electrons. The topological polar surface area (TPSA) is 0 Å². The lowest BCUT2D eigenvalue weighted by molar-refractivity contribution is 0.212. The molecule has 1 atom stereocenters. The van der Waals surface area contributed by atoms with E-state index >= 15 is 0 Å². The number of hydrogen-bond acceptors (Lipinski definition) is 0. The summed E-state index contributed by atoms with van der Waals surface area (Å²) in [4.78, 5) is 0. The van der Waals surface area contributed by atoms with Crippen molar-refractivity contribution in [3.63, 3.8) is 0 Å². The van der Waals surface area contributed by atoms with Crippen LogP contribution in [0.5, 0.6) is 0 Å². The first kappa shape index (κ1) is 11.0. The van der Waals surface area contributed by atoms with Crippen LogP contribution in [-0.2, 0) is 0 Å². The first-order chi connectivity index (χ1) is 6.88. The standard InChI is InChI=1S/C15H24/c1-11(2)10-15(8-9-15)13-7-6-12(3)14(13,4)5/h6,10,13H,7-9H2,1-5H3. The Labute approximate surface area is 94.5 Å². The van der Waals surface area contributed by atoms with E-state index in [9.17, 15) is 0 Å². The first-order valence-corrected chi connectivity index (χ1v) is 6.22. The summed E-state index contributed by atoms with van der Waals surface area (Å²) in [5.41, 5.74) is 4.06. The van der Waals surface area contributed by atoms with E-state index in [-0.39, 0.29) is 0 Å². The van der Waals surface area contributed by atoms with Gasteiger partial charge >= 0.3 is 0 Å². The highest BCUT2D eigenvalue weighted by molar-refractivity contribution is 5.27. The molecule has 0 N–H and O–H groups in total. The molecular weight excluding hydrogens is 180 g/mol. The minimum absolute atomic E-state index is 0.419. The molecule has 0 heteroatoms. The van der Waals surface area contributed by atoms with Gasteiger partial charge in [-0.25, -0.2) is 0 Å². The van der Waals surface area contributed by atoms with Crippen molar-refractivity contribution < 1.29 is 0 Å². The Morgan fingerprint density at radius 1 is 1.33 bits per heavy atom. The van der Waals surface area contributed by atoms with E-state index in [0.29, 0.717) is 10.8 Å². The van der Waals surface area contributed by atoms with Gasteiger partial charge in [0.1, 0.15) is 0 Å². The molecule has 0 amide bonds. The van der Waals surface area contributed by atoms with Crippen molar-refractivity contribution in [2.45, 2.75) is 53.9 Å². The maximum absolute atomic E-state index is 2.55. The van der Waals surface area contributed by atoms with Crippen molar-refractivity contribution in [1.29, 1.82) is 0 Å². The molecule has 0 spiro atoms. The number of allylic oxidation sites excluding steroid dienone is 4. The molecule has 0 saturated heterocycles. The average Bonchev–Trinajstić information content (AvgIpc) is 2.77. The second-order valence-corrected chi connectivity index (χ2v) is 6.35. The van der Waals surface area contributed by atoms with Gasteiger partial charge in [0.2, 0.25) is 0 Å². The summed E-state index contributed by atoms with van der Waals surface area (Å²) in [7, 11) is 0. The lowest BCUT2D eigenvalue weighted by atomic mass is 9.69. The third kappa shape index (κ3) is 1.68. The van der Waals surface area contributed by atoms with E-state index in [4.69, 9.17) is 0 Å². The van der Waals surface area contributed by atoms with Crippen LogP contribution in [0.2, 0.25) is 0 Å². The lowest BCUT2D eigenvalue weighted by Gasteiger charge is -2.35. The predicted octanol–water partition coefficient (Wildman–Crippen LogP) is 4.73. The van der Waals surface area contributed by atoms with Gasteiger partial charge < -0.3 is 0 Å². The predicted molar refractivity (Wildman–Crippen MR) is 66.7 cm³/mol. The second kappa shape index (κ2) is 3.23. The fourth-order valence-corrected chi connectivity index (χ4v) is 3.39. The van der Waals surface area contributed by atoms with Crippen LogP contribution >= 0.6 is 0 Å². The molecule has 84 valence electrons. The highest BCUT2D eigenvalue weighted by atomic mass is 14.6. The second-order valence-electron chi connectivity index (χ2n) is 6.35. The molecule has 0 aliphatic heterocycles. The average molecular weight is 204 g/mol. The third-order valence-corrected chi connectivity index (χ3v) is 4.64. The molecule has 0 aromatic rings. The van der Waals surface area contributed by atoms with Crippen molar-refractivity contribution in [2.24, 2.45) is 16.7 Å². The van der Waals surface area contributed by atoms with E-state index in [0.717, 1.165) is 5.92 Å². The summed E-state index contributed by atoms with van der Waals surface area (Å²) in [6.45, 7) is 11.6. The van der Waals surface area contributed by atoms with Crippen molar-refractivity contribution >= 4 is 0 Å². The molecule has 0 nitrogen and oxygen atoms in total. The Balaban J connectivity index is 2.24. The highest BCUT2D eigenvalue weighted by Gasteiger charge is 2.54. The van der Waals surface area contributed by atoms with Gasteiger partial charge in [-0.2, -0.15) is 0 Å². The Bertz CT molecular complexity index is 320. The quantitative estimate of drug-likeness (QED) is 0.571. The molecule has 1 unspecified atom stereocenters. The van der Waals surface area contributed by atoms with Crippen LogP contribution in [0.25, 0.3) is 0 Å². The molecule has 0 bridgehead atoms. The maximum Gasteiger partial charge on any atom is -0.00758 e. The van der Waals surface area contributed by atoms with Crippen LogP contribution in [0.1, 0.15) is 53.9 Å². The van der Waals surface area contributed by atoms with E-state index in [1.54, 1.807) is 5.57 Å². The van der Waals surface area contributed by atoms with Crippen LogP contribution in [0.4, 0.5) is 0 Å². The third-order valence-electron chi connectivity index (χ3n) is 4.64. The van der Waals surface area contributed by atoms with Gasteiger partial charge in [0.05, 0.1) is 0 Å². The fraction of sp³-hybridized carbons (Fsp3) is 0.733. The molecule has 1 fully saturated rings. The van der Waals surface area contributed by atoms with Crippen LogP contribution in [-0.4, -0.2) is 0 Å². The lowest BCUT2D eigenvalue weighted by Crippen LogP contribution is -2.28. The summed E-state index contributed by atoms with van der Waals surface area (Å²) in [5, 5.41) is 0. The highest BCUT2D eigenvalue weighted by Crippen LogP contribution is 2.63. The van der Waals surface area contributed by atoms with E-state index in [1.807, 2.05) is 0 Å². The number of hydrogen-bond donors (Lipinski definition) is 0. The molecule has 15 heavy (non-hydrogen) atoms. The van der Waals surface area contributed by atoms with Gasteiger partial charge in [-0.3, -0.25) is 0 Å². The smallest absolute Gasteiger partial charge is 0.00758 e. The zero-order valence-electron chi connectivity index (χ0n) is 10.9. The van der Waals surface area contributed by atoms with Gasteiger partial charge in [0, 0.05) is 0 Å². The van der Waals surface area contributed by atoms with Crippen molar-refractivity contribution in [3.05, 3.63) is 23.3 Å².